The molecule has 0 bridgehead atoms. The fraction of sp³-hybridized carbons (Fsp3) is 0.240. The number of para-hydroxylation sites is 1. The topological polar surface area (TPSA) is 54.3 Å². The van der Waals surface area contributed by atoms with Crippen LogP contribution in [0.5, 0.6) is 0 Å². The van der Waals surface area contributed by atoms with Crippen LogP contribution in [-0.4, -0.2) is 63.7 Å². The van der Waals surface area contributed by atoms with Gasteiger partial charge in [0.25, 0.3) is 5.91 Å². The first-order valence-corrected chi connectivity index (χ1v) is 12.9. The lowest BCUT2D eigenvalue weighted by molar-refractivity contribution is 0.0664. The molecule has 0 atom stereocenters. The van der Waals surface area contributed by atoms with Crippen LogP contribution >= 0.6 is 23.1 Å². The highest BCUT2D eigenvalue weighted by atomic mass is 32.2. The maximum Gasteiger partial charge on any atom is 0.253 e. The Labute approximate surface area is 206 Å². The van der Waals surface area contributed by atoms with Crippen molar-refractivity contribution in [3.05, 3.63) is 83.0 Å². The van der Waals surface area contributed by atoms with Gasteiger partial charge in [-0.3, -0.25) is 9.36 Å². The van der Waals surface area contributed by atoms with Gasteiger partial charge in [0.15, 0.2) is 11.0 Å². The zero-order valence-corrected chi connectivity index (χ0v) is 20.4. The van der Waals surface area contributed by atoms with Crippen LogP contribution in [0, 0.1) is 5.82 Å². The second kappa shape index (κ2) is 10.1. The summed E-state index contributed by atoms with van der Waals surface area (Å²) in [5, 5.41) is 11.3. The van der Waals surface area contributed by atoms with E-state index >= 15 is 0 Å². The lowest BCUT2D eigenvalue weighted by Crippen LogP contribution is -2.47. The molecule has 1 amide bonds. The van der Waals surface area contributed by atoms with Gasteiger partial charge in [0.1, 0.15) is 5.82 Å². The van der Waals surface area contributed by atoms with Gasteiger partial charge in [0, 0.05) is 37.5 Å². The van der Waals surface area contributed by atoms with Gasteiger partial charge in [0.2, 0.25) is 0 Å². The number of piperazine rings is 1. The number of thiophene rings is 1. The van der Waals surface area contributed by atoms with Gasteiger partial charge >= 0.3 is 0 Å². The van der Waals surface area contributed by atoms with E-state index in [0.29, 0.717) is 28.0 Å². The second-order valence-corrected chi connectivity index (χ2v) is 10.0. The van der Waals surface area contributed by atoms with Crippen molar-refractivity contribution < 1.29 is 9.18 Å². The molecule has 2 aromatic carbocycles. The van der Waals surface area contributed by atoms with E-state index in [-0.39, 0.29) is 11.7 Å². The van der Waals surface area contributed by atoms with Gasteiger partial charge in [0.05, 0.1) is 10.6 Å². The molecule has 174 valence electrons. The van der Waals surface area contributed by atoms with Gasteiger partial charge in [-0.2, -0.15) is 0 Å². The van der Waals surface area contributed by atoms with Gasteiger partial charge in [-0.15, -0.1) is 21.5 Å². The first-order chi connectivity index (χ1) is 16.6. The molecule has 0 N–H and O–H groups in total. The van der Waals surface area contributed by atoms with Crippen LogP contribution in [0.15, 0.2) is 71.2 Å². The molecule has 4 aromatic rings. The maximum atomic E-state index is 14.7. The summed E-state index contributed by atoms with van der Waals surface area (Å²) < 4.78 is 16.5. The SMILES string of the molecule is CN1CCN(C(=O)c2cccc(CSc3nnc(-c4cccs4)n3-c3ccccc3F)c2)CC1. The Morgan fingerprint density at radius 2 is 1.85 bits per heavy atom. The Hall–Kier alpha value is -3.01. The zero-order chi connectivity index (χ0) is 23.5. The number of aromatic nitrogens is 3. The molecule has 5 rings (SSSR count). The number of carbonyl (C=O) groups is 1. The van der Waals surface area contributed by atoms with E-state index in [2.05, 4.69) is 22.1 Å². The quantitative estimate of drug-likeness (QED) is 0.361. The molecule has 3 heterocycles. The summed E-state index contributed by atoms with van der Waals surface area (Å²) in [6.07, 6.45) is 0. The minimum Gasteiger partial charge on any atom is -0.336 e. The number of nitrogens with zero attached hydrogens (tertiary/aromatic N) is 5. The number of amides is 1. The van der Waals surface area contributed by atoms with E-state index in [0.717, 1.165) is 36.6 Å². The fourth-order valence-corrected chi connectivity index (χ4v) is 5.50. The third kappa shape index (κ3) is 4.77. The average Bonchev–Trinajstić information content (AvgIpc) is 3.53. The monoisotopic (exact) mass is 493 g/mol. The summed E-state index contributed by atoms with van der Waals surface area (Å²) in [4.78, 5) is 18.0. The highest BCUT2D eigenvalue weighted by Gasteiger charge is 2.22. The van der Waals surface area contributed by atoms with Crippen molar-refractivity contribution >= 4 is 29.0 Å². The standard InChI is InChI=1S/C25H24FN5OS2/c1-29-11-13-30(14-12-29)24(32)19-7-4-6-18(16-19)17-34-25-28-27-23(22-10-5-15-33-22)31(25)21-9-3-2-8-20(21)26/h2-10,15-16H,11-14,17H2,1H3. The number of rotatable bonds is 6. The molecule has 9 heteroatoms. The van der Waals surface area contributed by atoms with Crippen LogP contribution < -0.4 is 0 Å². The van der Waals surface area contributed by atoms with Crippen LogP contribution in [0.4, 0.5) is 4.39 Å². The Morgan fingerprint density at radius 1 is 1.03 bits per heavy atom. The van der Waals surface area contributed by atoms with Crippen LogP contribution in [-0.2, 0) is 5.75 Å². The van der Waals surface area contributed by atoms with Crippen molar-refractivity contribution in [3.63, 3.8) is 0 Å². The molecule has 34 heavy (non-hydrogen) atoms. The van der Waals surface area contributed by atoms with Crippen molar-refractivity contribution in [3.8, 4) is 16.4 Å². The smallest absolute Gasteiger partial charge is 0.253 e. The molecule has 0 saturated carbocycles. The minimum atomic E-state index is -0.332. The molecule has 0 aliphatic carbocycles. The first-order valence-electron chi connectivity index (χ1n) is 11.0. The number of hydrogen-bond donors (Lipinski definition) is 0. The number of hydrogen-bond acceptors (Lipinski definition) is 6. The van der Waals surface area contributed by atoms with E-state index < -0.39 is 0 Å². The molecule has 1 aliphatic rings. The number of thioether (sulfide) groups is 1. The molecule has 0 spiro atoms. The summed E-state index contributed by atoms with van der Waals surface area (Å²) >= 11 is 3.01. The van der Waals surface area contributed by atoms with E-state index in [4.69, 9.17) is 0 Å². The molecule has 1 aliphatic heterocycles. The summed E-state index contributed by atoms with van der Waals surface area (Å²) in [5.74, 6) is 0.929. The molecule has 1 saturated heterocycles. The Balaban J connectivity index is 1.38. The van der Waals surface area contributed by atoms with Crippen LogP contribution in [0.1, 0.15) is 15.9 Å². The van der Waals surface area contributed by atoms with E-state index in [9.17, 15) is 9.18 Å². The zero-order valence-electron chi connectivity index (χ0n) is 18.7. The fourth-order valence-electron chi connectivity index (χ4n) is 3.91. The van der Waals surface area contributed by atoms with Crippen molar-refractivity contribution in [1.29, 1.82) is 0 Å². The lowest BCUT2D eigenvalue weighted by atomic mass is 10.1. The van der Waals surface area contributed by atoms with E-state index in [1.807, 2.05) is 46.7 Å². The first kappa shape index (κ1) is 22.8. The van der Waals surface area contributed by atoms with Crippen LogP contribution in [0.25, 0.3) is 16.4 Å². The summed E-state index contributed by atoms with van der Waals surface area (Å²) in [7, 11) is 2.07. The van der Waals surface area contributed by atoms with Crippen molar-refractivity contribution in [1.82, 2.24) is 24.6 Å². The predicted octanol–water partition coefficient (Wildman–Crippen LogP) is 4.81. The Bertz CT molecular complexity index is 1280. The summed E-state index contributed by atoms with van der Waals surface area (Å²) in [6.45, 7) is 3.26. The average molecular weight is 494 g/mol. The molecule has 1 fully saturated rings. The largest absolute Gasteiger partial charge is 0.336 e. The van der Waals surface area contributed by atoms with Crippen molar-refractivity contribution in [2.24, 2.45) is 0 Å². The van der Waals surface area contributed by atoms with Crippen LogP contribution in [0.2, 0.25) is 0 Å². The summed E-state index contributed by atoms with van der Waals surface area (Å²) in [5.41, 5.74) is 2.11. The van der Waals surface area contributed by atoms with E-state index in [1.54, 1.807) is 22.8 Å². The third-order valence-electron chi connectivity index (χ3n) is 5.80. The van der Waals surface area contributed by atoms with Crippen LogP contribution in [0.3, 0.4) is 0 Å². The highest BCUT2D eigenvalue weighted by Crippen LogP contribution is 2.32. The molecular formula is C25H24FN5OS2. The maximum absolute atomic E-state index is 14.7. The predicted molar refractivity (Wildman–Crippen MR) is 134 cm³/mol. The molecular weight excluding hydrogens is 469 g/mol. The number of halogens is 1. The third-order valence-corrected chi connectivity index (χ3v) is 7.67. The number of likely N-dealkylation sites (N-methyl/N-ethyl adjacent to an activating group) is 1. The van der Waals surface area contributed by atoms with Gasteiger partial charge in [-0.25, -0.2) is 4.39 Å². The summed E-state index contributed by atoms with van der Waals surface area (Å²) in [6, 6.07) is 18.3. The molecule has 0 unspecified atom stereocenters. The highest BCUT2D eigenvalue weighted by molar-refractivity contribution is 7.98. The van der Waals surface area contributed by atoms with E-state index in [1.165, 1.54) is 29.2 Å². The van der Waals surface area contributed by atoms with Crippen molar-refractivity contribution in [2.45, 2.75) is 10.9 Å². The number of carbonyl (C=O) groups excluding carboxylic acids is 1. The normalized spacial score (nSPS) is 14.5. The molecule has 2 aromatic heterocycles. The van der Waals surface area contributed by atoms with Gasteiger partial charge < -0.3 is 9.80 Å². The van der Waals surface area contributed by atoms with Gasteiger partial charge in [-0.1, -0.05) is 42.1 Å². The minimum absolute atomic E-state index is 0.0643. The lowest BCUT2D eigenvalue weighted by Gasteiger charge is -2.32. The Kier molecular flexibility index (Phi) is 6.75. The van der Waals surface area contributed by atoms with Crippen molar-refractivity contribution in [2.75, 3.05) is 33.2 Å². The molecule has 6 nitrogen and oxygen atoms in total. The number of benzene rings is 2. The van der Waals surface area contributed by atoms with Gasteiger partial charge in [-0.05, 0) is 48.3 Å². The second-order valence-electron chi connectivity index (χ2n) is 8.15. The Morgan fingerprint density at radius 3 is 2.62 bits per heavy atom. The molecule has 0 radical (unpaired) electrons.